The SMILES string of the molecule is C.C.C.C.O=C(Nc1cncc(-c2ccc3[nH]nc(-c4nc5c(-c6ccsc6)cncc5[nH]4)c3c2)c1)C1CC1.O=C(Nc1cncc(-c2ccc3[nH]nc(-c4nc5c(-c6ccsc6)cncc5[nH]4)c3c2)c1)C1CCC1.O=C(Nc1cncc(-c2ccc3[nH]nc(-c4nc5c(-c6ccsc6)cncc5[nH]4)c3c2)c1)C1CCCC1.c1ccc(CNCc2cncc(-c3ccc4[nH]nc(-c5nc6c(-c7ccsc7)cncc6[nH]5)c4c3)c2)cc1. The van der Waals surface area contributed by atoms with Crippen LogP contribution in [0.4, 0.5) is 17.1 Å². The van der Waals surface area contributed by atoms with Gasteiger partial charge in [-0.05, 0) is 234 Å². The molecular weight excluding hydrogens is 1950 g/mol. The van der Waals surface area contributed by atoms with Crippen molar-refractivity contribution in [3.63, 3.8) is 0 Å². The predicted octanol–water partition coefficient (Wildman–Crippen LogP) is 27.2. The topological polar surface area (TPSA) is 432 Å². The summed E-state index contributed by atoms with van der Waals surface area (Å²) >= 11 is 6.60. The van der Waals surface area contributed by atoms with Crippen molar-refractivity contribution in [2.75, 3.05) is 16.0 Å². The summed E-state index contributed by atoms with van der Waals surface area (Å²) in [5.74, 6) is 3.35. The van der Waals surface area contributed by atoms with Crippen molar-refractivity contribution in [1.82, 2.24) is 126 Å². The largest absolute Gasteiger partial charge is 0.335 e. The number of anilines is 3. The summed E-state index contributed by atoms with van der Waals surface area (Å²) in [6.45, 7) is 1.56. The van der Waals surface area contributed by atoms with E-state index in [0.717, 1.165) is 276 Å². The zero-order valence-electron chi connectivity index (χ0n) is 77.8. The molecule has 0 spiro atoms. The highest BCUT2D eigenvalue weighted by Crippen LogP contribution is 2.43. The Bertz CT molecular complexity index is 9140. The third-order valence-corrected chi connectivity index (χ3v) is 29.6. The Hall–Kier alpha value is -17.8. The molecular formula is C115H102N28O3S4. The number of carbonyl (C=O) groups excluding carboxylic acids is 3. The zero-order chi connectivity index (χ0) is 97.5. The summed E-state index contributed by atoms with van der Waals surface area (Å²) in [7, 11) is 0. The number of carbonyl (C=O) groups is 3. The summed E-state index contributed by atoms with van der Waals surface area (Å²) in [5.41, 5.74) is 34.4. The van der Waals surface area contributed by atoms with Crippen molar-refractivity contribution >= 4 is 168 Å². The number of aromatic nitrogens is 24. The summed E-state index contributed by atoms with van der Waals surface area (Å²) in [5, 5.41) is 63.8. The van der Waals surface area contributed by atoms with Crippen molar-refractivity contribution in [3.05, 3.63) is 305 Å². The number of amides is 3. The molecule has 0 atom stereocenters. The lowest BCUT2D eigenvalue weighted by atomic mass is 9.85. The highest BCUT2D eigenvalue weighted by atomic mass is 32.1. The van der Waals surface area contributed by atoms with Gasteiger partial charge >= 0.3 is 0 Å². The molecule has 3 aliphatic rings. The molecule has 744 valence electrons. The van der Waals surface area contributed by atoms with Gasteiger partial charge in [0, 0.05) is 153 Å². The molecule has 0 radical (unpaired) electrons. The number of hydrogen-bond acceptors (Lipinski definition) is 24. The van der Waals surface area contributed by atoms with Gasteiger partial charge in [-0.2, -0.15) is 65.7 Å². The second kappa shape index (κ2) is 43.1. The van der Waals surface area contributed by atoms with Crippen LogP contribution < -0.4 is 21.3 Å². The van der Waals surface area contributed by atoms with E-state index >= 15 is 0 Å². The molecule has 0 aliphatic heterocycles. The van der Waals surface area contributed by atoms with Gasteiger partial charge in [0.1, 0.15) is 44.8 Å². The lowest BCUT2D eigenvalue weighted by Gasteiger charge is -2.24. The Labute approximate surface area is 876 Å². The van der Waals surface area contributed by atoms with E-state index in [1.165, 1.54) is 5.56 Å². The van der Waals surface area contributed by atoms with Gasteiger partial charge in [-0.15, -0.1) is 0 Å². The normalized spacial score (nSPS) is 12.8. The summed E-state index contributed by atoms with van der Waals surface area (Å²) in [6.07, 6.45) is 38.0. The third kappa shape index (κ3) is 20.2. The fraction of sp³-hybridized carbons (Fsp3) is 0.157. The number of aromatic amines is 8. The van der Waals surface area contributed by atoms with Crippen LogP contribution in [0.15, 0.2) is 294 Å². The fourth-order valence-corrected chi connectivity index (χ4v) is 21.4. The quantitative estimate of drug-likeness (QED) is 0.0300. The van der Waals surface area contributed by atoms with E-state index in [1.54, 1.807) is 94.9 Å². The van der Waals surface area contributed by atoms with Crippen LogP contribution in [0.5, 0.6) is 0 Å². The first kappa shape index (κ1) is 98.3. The highest BCUT2D eigenvalue weighted by Gasteiger charge is 2.31. The van der Waals surface area contributed by atoms with Crippen LogP contribution in [-0.4, -0.2) is 138 Å². The molecule has 20 heterocycles. The van der Waals surface area contributed by atoms with Crippen molar-refractivity contribution in [3.8, 4) is 135 Å². The number of hydrogen-bond donors (Lipinski definition) is 12. The molecule has 3 saturated carbocycles. The van der Waals surface area contributed by atoms with Crippen LogP contribution in [0.25, 0.3) is 223 Å². The molecule has 0 bridgehead atoms. The average molecular weight is 2050 g/mol. The monoisotopic (exact) mass is 2050 g/mol. The molecule has 20 aromatic heterocycles. The molecule has 31 nitrogen and oxygen atoms in total. The maximum absolute atomic E-state index is 12.6. The van der Waals surface area contributed by atoms with E-state index in [9.17, 15) is 14.4 Å². The highest BCUT2D eigenvalue weighted by molar-refractivity contribution is 7.09. The van der Waals surface area contributed by atoms with E-state index < -0.39 is 0 Å². The Morgan fingerprint density at radius 1 is 0.273 bits per heavy atom. The van der Waals surface area contributed by atoms with E-state index in [1.807, 2.05) is 121 Å². The number of thiophene rings is 4. The maximum atomic E-state index is 12.6. The third-order valence-electron chi connectivity index (χ3n) is 26.9. The summed E-state index contributed by atoms with van der Waals surface area (Å²) in [6, 6.07) is 51.4. The van der Waals surface area contributed by atoms with Gasteiger partial charge in [-0.25, -0.2) is 19.9 Å². The Kier molecular flexibility index (Phi) is 28.2. The second-order valence-electron chi connectivity index (χ2n) is 36.5. The van der Waals surface area contributed by atoms with Gasteiger partial charge in [0.15, 0.2) is 23.3 Å². The minimum absolute atomic E-state index is 0. The van der Waals surface area contributed by atoms with Crippen LogP contribution in [0.2, 0.25) is 0 Å². The van der Waals surface area contributed by atoms with Gasteiger partial charge in [-0.3, -0.25) is 74.7 Å². The fourth-order valence-electron chi connectivity index (χ4n) is 18.8. The number of nitrogens with one attached hydrogen (secondary N) is 12. The van der Waals surface area contributed by atoms with Crippen LogP contribution in [-0.2, 0) is 27.5 Å². The molecule has 0 saturated heterocycles. The van der Waals surface area contributed by atoms with Gasteiger partial charge < -0.3 is 41.2 Å². The molecule has 28 rings (SSSR count). The molecule has 0 unspecified atom stereocenters. The van der Waals surface area contributed by atoms with Crippen LogP contribution >= 0.6 is 45.3 Å². The van der Waals surface area contributed by atoms with Crippen molar-refractivity contribution in [2.45, 2.75) is 101 Å². The standard InChI is InChI=1S/C30H23N7S.C28H23N7OS.C27H21N7OS.C26H19N7OS.4CH4/c1-2-4-19(5-3-1)12-31-13-20-10-23(15-32-14-20)21-6-7-26-24(11-21)29(37-36-26)30-34-27-17-33-16-25(28(27)35-30)22-8-9-38-18-22;36-28(16-3-1-2-4-16)31-20-9-19(11-29-12-20)17-5-6-23-21(10-17)26(35-34-23)27-32-24-14-30-13-22(25(24)33-27)18-7-8-37-15-18;35-27(15-2-1-3-15)30-19-8-18(10-28-11-19)16-4-5-22-20(9-16)25(34-33-22)26-31-23-13-29-12-21(24(23)32-26)17-6-7-36-14-17;34-26(14-1-2-14)29-18-7-17(9-27-10-18)15-3-4-21-19(8-15)24(33-32-21)25-30-22-12-28-11-20(23(22)31-25)16-5-6-35-13-16;;;;/h1-11,14-18,31H,12-13H2,(H,34,35)(H,36,37);5-16H,1-4H2,(H,31,36)(H,32,33)(H,34,35);4-15H,1-3H2,(H,30,35)(H,31,32)(H,33,34);3-14H,1-2H2,(H,29,34)(H,30,31)(H,32,33);4*1H4. The molecule has 3 amide bonds. The predicted molar refractivity (Wildman–Crippen MR) is 604 cm³/mol. The van der Waals surface area contributed by atoms with Gasteiger partial charge in [0.25, 0.3) is 0 Å². The molecule has 150 heavy (non-hydrogen) atoms. The summed E-state index contributed by atoms with van der Waals surface area (Å²) in [4.78, 5) is 106. The van der Waals surface area contributed by atoms with Gasteiger partial charge in [0.05, 0.1) is 105 Å². The lowest BCUT2D eigenvalue weighted by molar-refractivity contribution is -0.122. The number of H-pyrrole nitrogens is 8. The molecule has 12 N–H and O–H groups in total. The lowest BCUT2D eigenvalue weighted by Crippen LogP contribution is -2.28. The maximum Gasteiger partial charge on any atom is 0.227 e. The van der Waals surface area contributed by atoms with Crippen LogP contribution in [0.3, 0.4) is 0 Å². The summed E-state index contributed by atoms with van der Waals surface area (Å²) < 4.78 is 0. The number of imidazole rings is 4. The molecule has 25 aromatic rings. The number of rotatable bonds is 22. The number of pyridine rings is 8. The van der Waals surface area contributed by atoms with E-state index in [2.05, 4.69) is 245 Å². The van der Waals surface area contributed by atoms with E-state index in [-0.39, 0.29) is 65.2 Å². The minimum atomic E-state index is 0. The van der Waals surface area contributed by atoms with Crippen molar-refractivity contribution in [1.29, 1.82) is 0 Å². The Morgan fingerprint density at radius 2 is 0.567 bits per heavy atom. The zero-order valence-corrected chi connectivity index (χ0v) is 81.1. The first-order chi connectivity index (χ1) is 72.0. The minimum Gasteiger partial charge on any atom is -0.335 e. The van der Waals surface area contributed by atoms with Gasteiger partial charge in [-0.1, -0.05) is 104 Å². The first-order valence-electron chi connectivity index (χ1n) is 47.9. The molecule has 3 aliphatic carbocycles. The van der Waals surface area contributed by atoms with E-state index in [4.69, 9.17) is 19.9 Å². The molecule has 35 heteroatoms. The Balaban J connectivity index is 0.000000116. The van der Waals surface area contributed by atoms with Crippen LogP contribution in [0.1, 0.15) is 98.6 Å². The second-order valence-corrected chi connectivity index (χ2v) is 39.6. The smallest absolute Gasteiger partial charge is 0.227 e. The molecule has 5 aromatic carbocycles. The van der Waals surface area contributed by atoms with Crippen molar-refractivity contribution < 1.29 is 14.4 Å². The van der Waals surface area contributed by atoms with Crippen LogP contribution in [0, 0.1) is 17.8 Å². The van der Waals surface area contributed by atoms with Gasteiger partial charge in [0.2, 0.25) is 17.7 Å². The number of benzene rings is 5. The first-order valence-corrected chi connectivity index (χ1v) is 51.6. The Morgan fingerprint density at radius 3 is 0.867 bits per heavy atom. The molecule has 3 fully saturated rings. The van der Waals surface area contributed by atoms with E-state index in [0.29, 0.717) is 40.4 Å². The number of nitrogens with zero attached hydrogens (tertiary/aromatic N) is 16. The average Bonchev–Trinajstić information content (AvgIpc) is 1.62. The van der Waals surface area contributed by atoms with Crippen molar-refractivity contribution in [2.24, 2.45) is 17.8 Å². The number of fused-ring (bicyclic) bond motifs is 8.